The molecule has 3 rings (SSSR count). The molecule has 0 amide bonds. The van der Waals surface area contributed by atoms with E-state index in [1.54, 1.807) is 6.07 Å². The molecule has 0 aliphatic carbocycles. The summed E-state index contributed by atoms with van der Waals surface area (Å²) in [6, 6.07) is 12.2. The average molecular weight is 376 g/mol. The molecule has 1 N–H and O–H groups in total. The van der Waals surface area contributed by atoms with Gasteiger partial charge in [-0.1, -0.05) is 17.7 Å². The van der Waals surface area contributed by atoms with E-state index in [4.69, 9.17) is 23.8 Å². The lowest BCUT2D eigenvalue weighted by atomic mass is 10.2. The van der Waals surface area contributed by atoms with Crippen LogP contribution in [-0.2, 0) is 0 Å². The van der Waals surface area contributed by atoms with Crippen LogP contribution in [0.1, 0.15) is 5.56 Å². The first kappa shape index (κ1) is 17.3. The Morgan fingerprint density at radius 1 is 1.24 bits per heavy atom. The van der Waals surface area contributed by atoms with Gasteiger partial charge in [-0.05, 0) is 48.6 Å². The summed E-state index contributed by atoms with van der Waals surface area (Å²) in [5.74, 6) is 0.0715. The summed E-state index contributed by atoms with van der Waals surface area (Å²) in [6.45, 7) is 0. The van der Waals surface area contributed by atoms with Gasteiger partial charge in [0.25, 0.3) is 0 Å². The Kier molecular flexibility index (Phi) is 4.96. The van der Waals surface area contributed by atoms with Crippen molar-refractivity contribution in [1.29, 1.82) is 0 Å². The lowest BCUT2D eigenvalue weighted by Gasteiger charge is -2.12. The van der Waals surface area contributed by atoms with Crippen molar-refractivity contribution in [1.82, 2.24) is 14.9 Å². The molecule has 3 aromatic rings. The van der Waals surface area contributed by atoms with Crippen LogP contribution < -0.4 is 4.90 Å². The Hall–Kier alpha value is -2.51. The summed E-state index contributed by atoms with van der Waals surface area (Å²) in [6.07, 6.45) is 1.33. The molecule has 0 unspecified atom stereocenters. The topological polar surface area (TPSA) is 49.2 Å². The lowest BCUT2D eigenvalue weighted by molar-refractivity contribution is 0.625. The van der Waals surface area contributed by atoms with Crippen molar-refractivity contribution in [3.8, 4) is 11.4 Å². The number of anilines is 1. The summed E-state index contributed by atoms with van der Waals surface area (Å²) in [5.41, 5.74) is 2.09. The molecule has 2 aromatic carbocycles. The van der Waals surface area contributed by atoms with Crippen LogP contribution in [0.2, 0.25) is 5.02 Å². The molecule has 0 atom stereocenters. The number of H-pyrrole nitrogens is 1. The van der Waals surface area contributed by atoms with Crippen molar-refractivity contribution >= 4 is 35.7 Å². The summed E-state index contributed by atoms with van der Waals surface area (Å²) in [5, 5.41) is 11.4. The molecule has 0 bridgehead atoms. The second-order valence-electron chi connectivity index (χ2n) is 5.49. The predicted octanol–water partition coefficient (Wildman–Crippen LogP) is 4.35. The second kappa shape index (κ2) is 7.16. The Labute approximate surface area is 154 Å². The first-order valence-electron chi connectivity index (χ1n) is 7.41. The van der Waals surface area contributed by atoms with E-state index in [-0.39, 0.29) is 10.6 Å². The van der Waals surface area contributed by atoms with Gasteiger partial charge in [-0.3, -0.25) is 0 Å². The monoisotopic (exact) mass is 375 g/mol. The Morgan fingerprint density at radius 2 is 1.96 bits per heavy atom. The van der Waals surface area contributed by atoms with E-state index in [0.29, 0.717) is 10.6 Å². The van der Waals surface area contributed by atoms with Gasteiger partial charge in [0.2, 0.25) is 4.77 Å². The molecule has 128 valence electrons. The Balaban J connectivity index is 2.00. The van der Waals surface area contributed by atoms with Crippen molar-refractivity contribution < 1.29 is 4.39 Å². The zero-order valence-corrected chi connectivity index (χ0v) is 15.1. The van der Waals surface area contributed by atoms with Crippen LogP contribution in [0.3, 0.4) is 0 Å². The number of aromatic nitrogens is 3. The highest BCUT2D eigenvalue weighted by atomic mass is 35.5. The van der Waals surface area contributed by atoms with Crippen molar-refractivity contribution in [3.05, 3.63) is 63.6 Å². The van der Waals surface area contributed by atoms with Crippen LogP contribution in [0.5, 0.6) is 0 Å². The molecule has 0 fully saturated rings. The first-order chi connectivity index (χ1) is 12.0. The van der Waals surface area contributed by atoms with Crippen molar-refractivity contribution in [2.24, 2.45) is 5.10 Å². The Bertz CT molecular complexity index is 955. The highest BCUT2D eigenvalue weighted by Crippen LogP contribution is 2.22. The second-order valence-corrected chi connectivity index (χ2v) is 6.28. The van der Waals surface area contributed by atoms with E-state index in [0.717, 1.165) is 11.3 Å². The first-order valence-corrected chi connectivity index (χ1v) is 8.19. The normalized spacial score (nSPS) is 11.2. The predicted molar refractivity (Wildman–Crippen MR) is 102 cm³/mol. The van der Waals surface area contributed by atoms with Crippen molar-refractivity contribution in [2.75, 3.05) is 19.0 Å². The number of hydrogen-bond donors (Lipinski definition) is 1. The van der Waals surface area contributed by atoms with E-state index < -0.39 is 5.82 Å². The maximum absolute atomic E-state index is 13.9. The van der Waals surface area contributed by atoms with Gasteiger partial charge in [-0.15, -0.1) is 0 Å². The summed E-state index contributed by atoms with van der Waals surface area (Å²) >= 11 is 11.2. The van der Waals surface area contributed by atoms with Gasteiger partial charge < -0.3 is 4.90 Å². The highest BCUT2D eigenvalue weighted by Gasteiger charge is 2.10. The Morgan fingerprint density at radius 3 is 2.60 bits per heavy atom. The molecule has 5 nitrogen and oxygen atoms in total. The molecule has 0 radical (unpaired) electrons. The molecule has 25 heavy (non-hydrogen) atoms. The zero-order valence-electron chi connectivity index (χ0n) is 13.6. The SMILES string of the molecule is CN(C)c1ccc(-c2n[nH]c(=S)n2N=Cc2c(F)cccc2Cl)cc1. The van der Waals surface area contributed by atoms with Crippen LogP contribution >= 0.6 is 23.8 Å². The number of aromatic amines is 1. The number of benzene rings is 2. The van der Waals surface area contributed by atoms with Gasteiger partial charge in [0.1, 0.15) is 5.82 Å². The minimum atomic E-state index is -0.455. The van der Waals surface area contributed by atoms with E-state index in [9.17, 15) is 4.39 Å². The maximum Gasteiger partial charge on any atom is 0.216 e. The molecular formula is C17H15ClFN5S. The number of nitrogens with zero attached hydrogens (tertiary/aromatic N) is 4. The average Bonchev–Trinajstić information content (AvgIpc) is 2.95. The highest BCUT2D eigenvalue weighted by molar-refractivity contribution is 7.71. The van der Waals surface area contributed by atoms with Crippen LogP contribution in [0.4, 0.5) is 10.1 Å². The summed E-state index contributed by atoms with van der Waals surface area (Å²) in [4.78, 5) is 2.00. The fourth-order valence-electron chi connectivity index (χ4n) is 2.24. The van der Waals surface area contributed by atoms with Crippen molar-refractivity contribution in [2.45, 2.75) is 0 Å². The molecule has 0 aliphatic rings. The molecule has 0 saturated heterocycles. The third kappa shape index (κ3) is 3.62. The fourth-order valence-corrected chi connectivity index (χ4v) is 2.63. The van der Waals surface area contributed by atoms with E-state index in [2.05, 4.69) is 15.3 Å². The van der Waals surface area contributed by atoms with Crippen LogP contribution in [0, 0.1) is 10.6 Å². The lowest BCUT2D eigenvalue weighted by Crippen LogP contribution is -2.08. The van der Waals surface area contributed by atoms with Crippen LogP contribution in [-0.4, -0.2) is 35.2 Å². The third-order valence-electron chi connectivity index (χ3n) is 3.59. The minimum Gasteiger partial charge on any atom is -0.378 e. The molecule has 1 aromatic heterocycles. The molecule has 8 heteroatoms. The van der Waals surface area contributed by atoms with Gasteiger partial charge in [0.05, 0.1) is 11.2 Å². The van der Waals surface area contributed by atoms with Gasteiger partial charge >= 0.3 is 0 Å². The van der Waals surface area contributed by atoms with E-state index >= 15 is 0 Å². The smallest absolute Gasteiger partial charge is 0.216 e. The van der Waals surface area contributed by atoms with E-state index in [1.165, 1.54) is 23.0 Å². The van der Waals surface area contributed by atoms with Crippen LogP contribution in [0.25, 0.3) is 11.4 Å². The minimum absolute atomic E-state index is 0.196. The molecule has 0 saturated carbocycles. The number of hydrogen-bond acceptors (Lipinski definition) is 4. The molecule has 1 heterocycles. The van der Waals surface area contributed by atoms with Gasteiger partial charge in [-0.2, -0.15) is 14.9 Å². The molecule has 0 spiro atoms. The maximum atomic E-state index is 13.9. The number of rotatable bonds is 4. The summed E-state index contributed by atoms with van der Waals surface area (Å²) < 4.78 is 15.6. The fraction of sp³-hybridized carbons (Fsp3) is 0.118. The standard InChI is InChI=1S/C17H15ClFN5S/c1-23(2)12-8-6-11(7-9-12)16-21-22-17(25)24(16)20-10-13-14(18)4-3-5-15(13)19/h3-10H,1-2H3,(H,22,25). The molecular weight excluding hydrogens is 361 g/mol. The van der Waals surface area contributed by atoms with Gasteiger partial charge in [0, 0.05) is 30.9 Å². The zero-order chi connectivity index (χ0) is 18.0. The van der Waals surface area contributed by atoms with Gasteiger partial charge in [-0.25, -0.2) is 9.49 Å². The number of halogens is 2. The largest absolute Gasteiger partial charge is 0.378 e. The third-order valence-corrected chi connectivity index (χ3v) is 4.19. The summed E-state index contributed by atoms with van der Waals surface area (Å²) in [7, 11) is 3.93. The van der Waals surface area contributed by atoms with E-state index in [1.807, 2.05) is 43.3 Å². The van der Waals surface area contributed by atoms with Crippen molar-refractivity contribution in [3.63, 3.8) is 0 Å². The molecule has 0 aliphatic heterocycles. The van der Waals surface area contributed by atoms with Crippen LogP contribution in [0.15, 0.2) is 47.6 Å². The number of nitrogens with one attached hydrogen (secondary N) is 1. The van der Waals surface area contributed by atoms with Gasteiger partial charge in [0.15, 0.2) is 5.82 Å². The quantitative estimate of drug-likeness (QED) is 0.545.